The minimum absolute atomic E-state index is 0.0450. The summed E-state index contributed by atoms with van der Waals surface area (Å²) in [5.74, 6) is -0.742. The average molecular weight is 277 g/mol. The molecule has 0 saturated heterocycles. The summed E-state index contributed by atoms with van der Waals surface area (Å²) in [6.45, 7) is 1.82. The Morgan fingerprint density at radius 1 is 1.42 bits per heavy atom. The molecule has 19 heavy (non-hydrogen) atoms. The van der Waals surface area contributed by atoms with Crippen LogP contribution in [0.4, 0.5) is 13.2 Å². The quantitative estimate of drug-likeness (QED) is 0.922. The van der Waals surface area contributed by atoms with Crippen molar-refractivity contribution in [1.82, 2.24) is 10.1 Å². The van der Waals surface area contributed by atoms with Crippen LogP contribution in [0.2, 0.25) is 0 Å². The lowest BCUT2D eigenvalue weighted by molar-refractivity contribution is -0.183. The zero-order valence-corrected chi connectivity index (χ0v) is 10.8. The number of nitrogens with zero attached hydrogens (tertiary/aromatic N) is 2. The van der Waals surface area contributed by atoms with Gasteiger partial charge in [0.2, 0.25) is 5.89 Å². The predicted octanol–water partition coefficient (Wildman–Crippen LogP) is 2.80. The van der Waals surface area contributed by atoms with E-state index < -0.39 is 12.1 Å². The second kappa shape index (κ2) is 5.48. The van der Waals surface area contributed by atoms with Gasteiger partial charge in [0.25, 0.3) is 0 Å². The van der Waals surface area contributed by atoms with Crippen LogP contribution in [-0.2, 0) is 6.42 Å². The summed E-state index contributed by atoms with van der Waals surface area (Å²) in [7, 11) is 0. The van der Waals surface area contributed by atoms with Crippen molar-refractivity contribution in [2.75, 3.05) is 0 Å². The van der Waals surface area contributed by atoms with E-state index in [1.807, 2.05) is 6.92 Å². The molecule has 1 aromatic rings. The van der Waals surface area contributed by atoms with Crippen LogP contribution in [0, 0.1) is 5.92 Å². The number of aromatic nitrogens is 2. The first-order valence-corrected chi connectivity index (χ1v) is 6.51. The molecule has 0 amide bonds. The molecular formula is C12H18F3N3O. The van der Waals surface area contributed by atoms with Crippen molar-refractivity contribution in [3.63, 3.8) is 0 Å². The molecule has 1 aliphatic carbocycles. The van der Waals surface area contributed by atoms with E-state index in [9.17, 15) is 13.2 Å². The highest BCUT2D eigenvalue weighted by Gasteiger charge is 2.43. The topological polar surface area (TPSA) is 64.9 Å². The van der Waals surface area contributed by atoms with Gasteiger partial charge in [0, 0.05) is 18.4 Å². The van der Waals surface area contributed by atoms with E-state index >= 15 is 0 Å². The minimum atomic E-state index is -4.13. The summed E-state index contributed by atoms with van der Waals surface area (Å²) >= 11 is 0. The summed E-state index contributed by atoms with van der Waals surface area (Å²) < 4.78 is 43.3. The van der Waals surface area contributed by atoms with Crippen molar-refractivity contribution >= 4 is 0 Å². The van der Waals surface area contributed by atoms with Gasteiger partial charge in [-0.3, -0.25) is 0 Å². The third-order valence-electron chi connectivity index (χ3n) is 3.47. The summed E-state index contributed by atoms with van der Waals surface area (Å²) in [6, 6.07) is -0.0975. The Kier molecular flexibility index (Phi) is 4.13. The Labute approximate surface area is 109 Å². The van der Waals surface area contributed by atoms with Gasteiger partial charge in [0.15, 0.2) is 5.82 Å². The SMILES string of the molecule is CC(N)Cc1noc(C2CCCC(C(F)(F)F)C2)n1. The number of hydrogen-bond acceptors (Lipinski definition) is 4. The molecule has 2 rings (SSSR count). The smallest absolute Gasteiger partial charge is 0.339 e. The van der Waals surface area contributed by atoms with E-state index in [0.29, 0.717) is 31.0 Å². The molecule has 2 N–H and O–H groups in total. The van der Waals surface area contributed by atoms with Gasteiger partial charge in [0.1, 0.15) is 0 Å². The van der Waals surface area contributed by atoms with Gasteiger partial charge in [-0.2, -0.15) is 18.2 Å². The molecular weight excluding hydrogens is 259 g/mol. The molecule has 0 bridgehead atoms. The molecule has 7 heteroatoms. The fourth-order valence-corrected chi connectivity index (χ4v) is 2.52. The molecule has 1 aromatic heterocycles. The first-order valence-electron chi connectivity index (χ1n) is 6.51. The van der Waals surface area contributed by atoms with Crippen molar-refractivity contribution in [1.29, 1.82) is 0 Å². The fraction of sp³-hybridized carbons (Fsp3) is 0.833. The zero-order valence-electron chi connectivity index (χ0n) is 10.8. The maximum Gasteiger partial charge on any atom is 0.391 e. The molecule has 1 aliphatic rings. The molecule has 0 aromatic carbocycles. The van der Waals surface area contributed by atoms with Crippen LogP contribution >= 0.6 is 0 Å². The lowest BCUT2D eigenvalue weighted by Gasteiger charge is -2.28. The standard InChI is InChI=1S/C12H18F3N3O/c1-7(16)5-10-17-11(19-18-10)8-3-2-4-9(6-8)12(13,14)15/h7-9H,2-6,16H2,1H3. The lowest BCUT2D eigenvalue weighted by atomic mass is 9.81. The highest BCUT2D eigenvalue weighted by Crippen LogP contribution is 2.43. The highest BCUT2D eigenvalue weighted by molar-refractivity contribution is 4.98. The lowest BCUT2D eigenvalue weighted by Crippen LogP contribution is -2.28. The number of halogens is 3. The second-order valence-corrected chi connectivity index (χ2v) is 5.33. The van der Waals surface area contributed by atoms with E-state index in [2.05, 4.69) is 10.1 Å². The van der Waals surface area contributed by atoms with Gasteiger partial charge in [-0.15, -0.1) is 0 Å². The first-order chi connectivity index (χ1) is 8.86. The molecule has 3 atom stereocenters. The zero-order chi connectivity index (χ0) is 14.0. The Bertz CT molecular complexity index is 417. The monoisotopic (exact) mass is 277 g/mol. The maximum absolute atomic E-state index is 12.7. The third-order valence-corrected chi connectivity index (χ3v) is 3.47. The van der Waals surface area contributed by atoms with E-state index in [0.717, 1.165) is 0 Å². The van der Waals surface area contributed by atoms with Crippen molar-refractivity contribution in [2.45, 2.75) is 57.2 Å². The average Bonchev–Trinajstić information content (AvgIpc) is 2.76. The number of nitrogens with two attached hydrogens (primary N) is 1. The van der Waals surface area contributed by atoms with Crippen LogP contribution in [0.1, 0.15) is 50.2 Å². The van der Waals surface area contributed by atoms with Crippen LogP contribution in [0.25, 0.3) is 0 Å². The first kappa shape index (κ1) is 14.3. The molecule has 0 radical (unpaired) electrons. The summed E-state index contributed by atoms with van der Waals surface area (Å²) in [4.78, 5) is 4.17. The van der Waals surface area contributed by atoms with E-state index in [1.165, 1.54) is 0 Å². The number of alkyl halides is 3. The highest BCUT2D eigenvalue weighted by atomic mass is 19.4. The van der Waals surface area contributed by atoms with Crippen molar-refractivity contribution < 1.29 is 17.7 Å². The van der Waals surface area contributed by atoms with Gasteiger partial charge in [-0.05, 0) is 26.2 Å². The van der Waals surface area contributed by atoms with Gasteiger partial charge in [-0.25, -0.2) is 0 Å². The summed E-state index contributed by atoms with van der Waals surface area (Å²) in [5.41, 5.74) is 5.62. The summed E-state index contributed by atoms with van der Waals surface area (Å²) in [6.07, 6.45) is -2.21. The van der Waals surface area contributed by atoms with Crippen molar-refractivity contribution in [3.8, 4) is 0 Å². The van der Waals surface area contributed by atoms with E-state index in [4.69, 9.17) is 10.3 Å². The molecule has 1 heterocycles. The molecule has 3 unspecified atom stereocenters. The van der Waals surface area contributed by atoms with Crippen LogP contribution in [-0.4, -0.2) is 22.4 Å². The Hall–Kier alpha value is -1.11. The maximum atomic E-state index is 12.7. The van der Waals surface area contributed by atoms with Crippen LogP contribution in [0.3, 0.4) is 0 Å². The van der Waals surface area contributed by atoms with Crippen molar-refractivity contribution in [3.05, 3.63) is 11.7 Å². The minimum Gasteiger partial charge on any atom is -0.339 e. The molecule has 4 nitrogen and oxygen atoms in total. The number of hydrogen-bond donors (Lipinski definition) is 1. The van der Waals surface area contributed by atoms with Gasteiger partial charge in [0.05, 0.1) is 5.92 Å². The van der Waals surface area contributed by atoms with Crippen LogP contribution < -0.4 is 5.73 Å². The summed E-state index contributed by atoms with van der Waals surface area (Å²) in [5, 5.41) is 3.77. The van der Waals surface area contributed by atoms with Gasteiger partial charge in [-0.1, -0.05) is 11.6 Å². The van der Waals surface area contributed by atoms with Crippen LogP contribution in [0.15, 0.2) is 4.52 Å². The molecule has 1 fully saturated rings. The third kappa shape index (κ3) is 3.68. The Morgan fingerprint density at radius 3 is 2.79 bits per heavy atom. The predicted molar refractivity (Wildman–Crippen MR) is 62.4 cm³/mol. The Balaban J connectivity index is 2.03. The molecule has 1 saturated carbocycles. The van der Waals surface area contributed by atoms with Crippen LogP contribution in [0.5, 0.6) is 0 Å². The normalized spacial score (nSPS) is 26.4. The van der Waals surface area contributed by atoms with Crippen molar-refractivity contribution in [2.24, 2.45) is 11.7 Å². The fourth-order valence-electron chi connectivity index (χ4n) is 2.52. The van der Waals surface area contributed by atoms with E-state index in [1.54, 1.807) is 0 Å². The largest absolute Gasteiger partial charge is 0.391 e. The Morgan fingerprint density at radius 2 is 2.16 bits per heavy atom. The molecule has 0 aliphatic heterocycles. The molecule has 108 valence electrons. The van der Waals surface area contributed by atoms with E-state index in [-0.39, 0.29) is 24.8 Å². The van der Waals surface area contributed by atoms with Gasteiger partial charge >= 0.3 is 6.18 Å². The number of rotatable bonds is 3. The second-order valence-electron chi connectivity index (χ2n) is 5.33. The van der Waals surface area contributed by atoms with Gasteiger partial charge < -0.3 is 10.3 Å². The molecule has 0 spiro atoms.